The zero-order valence-corrected chi connectivity index (χ0v) is 19.6. The van der Waals surface area contributed by atoms with Gasteiger partial charge < -0.3 is 0 Å². The van der Waals surface area contributed by atoms with Crippen molar-refractivity contribution >= 4 is 76.3 Å². The van der Waals surface area contributed by atoms with Gasteiger partial charge in [0.15, 0.2) is 0 Å². The largest absolute Gasteiger partial charge is 0.236 e. The lowest BCUT2D eigenvalue weighted by molar-refractivity contribution is 1.47. The first kappa shape index (κ1) is 19.2. The first-order valence-electron chi connectivity index (χ1n) is 10.6. The van der Waals surface area contributed by atoms with Gasteiger partial charge in [0.05, 0.1) is 20.4 Å². The van der Waals surface area contributed by atoms with E-state index >= 15 is 0 Å². The van der Waals surface area contributed by atoms with E-state index in [1.165, 1.54) is 27.1 Å². The van der Waals surface area contributed by atoms with Crippen LogP contribution in [0.1, 0.15) is 0 Å². The summed E-state index contributed by atoms with van der Waals surface area (Å²) in [5, 5.41) is 7.79. The van der Waals surface area contributed by atoms with Gasteiger partial charge in [0.2, 0.25) is 0 Å². The van der Waals surface area contributed by atoms with Crippen LogP contribution in [0.4, 0.5) is 0 Å². The molecule has 5 aromatic carbocycles. The number of aromatic nitrogens is 2. The Hall–Kier alpha value is -3.31. The summed E-state index contributed by atoms with van der Waals surface area (Å²) in [4.78, 5) is 9.83. The van der Waals surface area contributed by atoms with Crippen molar-refractivity contribution in [3.8, 4) is 21.1 Å². The summed E-state index contributed by atoms with van der Waals surface area (Å²) in [6, 6.07) is 31.7. The Balaban J connectivity index is 1.40. The summed E-state index contributed by atoms with van der Waals surface area (Å²) >= 11 is 9.57. The highest BCUT2D eigenvalue weighted by atomic mass is 35.5. The van der Waals surface area contributed by atoms with Crippen molar-refractivity contribution in [1.29, 1.82) is 0 Å². The molecule has 0 aliphatic rings. The number of rotatable bonds is 2. The highest BCUT2D eigenvalue weighted by Gasteiger charge is 2.14. The number of benzene rings is 5. The summed E-state index contributed by atoms with van der Waals surface area (Å²) in [5.74, 6) is 0. The molecule has 0 saturated heterocycles. The van der Waals surface area contributed by atoms with Crippen LogP contribution in [0, 0.1) is 0 Å². The highest BCUT2D eigenvalue weighted by Crippen LogP contribution is 2.40. The molecular weight excluding hydrogens is 464 g/mol. The van der Waals surface area contributed by atoms with Crippen LogP contribution in [0.3, 0.4) is 0 Å². The maximum atomic E-state index is 6.16. The fraction of sp³-hybridized carbons (Fsp3) is 0. The third-order valence-electron chi connectivity index (χ3n) is 5.98. The molecule has 0 amide bonds. The molecule has 2 heterocycles. The third kappa shape index (κ3) is 3.14. The van der Waals surface area contributed by atoms with E-state index in [1.807, 2.05) is 18.2 Å². The normalized spacial score (nSPS) is 11.8. The van der Waals surface area contributed by atoms with E-state index in [0.29, 0.717) is 0 Å². The fourth-order valence-electron chi connectivity index (χ4n) is 4.43. The number of fused-ring (bicyclic) bond motifs is 5. The van der Waals surface area contributed by atoms with E-state index < -0.39 is 0 Å². The average molecular weight is 479 g/mol. The van der Waals surface area contributed by atoms with Crippen molar-refractivity contribution in [2.24, 2.45) is 0 Å². The van der Waals surface area contributed by atoms with Gasteiger partial charge >= 0.3 is 0 Å². The molecule has 2 aromatic heterocycles. The maximum absolute atomic E-state index is 6.16. The summed E-state index contributed by atoms with van der Waals surface area (Å²) in [7, 11) is 0. The molecule has 7 rings (SSSR count). The monoisotopic (exact) mass is 478 g/mol. The summed E-state index contributed by atoms with van der Waals surface area (Å²) < 4.78 is 2.27. The third-order valence-corrected chi connectivity index (χ3v) is 8.34. The topological polar surface area (TPSA) is 25.8 Å². The molecule has 2 nitrogen and oxygen atoms in total. The molecule has 0 fully saturated rings. The minimum atomic E-state index is 0.739. The first-order chi connectivity index (χ1) is 16.2. The number of nitrogens with zero attached hydrogens (tertiary/aromatic N) is 2. The van der Waals surface area contributed by atoms with Gasteiger partial charge in [0, 0.05) is 16.1 Å². The second kappa shape index (κ2) is 7.35. The lowest BCUT2D eigenvalue weighted by Crippen LogP contribution is -1.83. The molecule has 0 bridgehead atoms. The standard InChI is InChI=1S/C28H15ClN2S2/c29-18-10-12-24-26(15-18)32-27(30-24)17-9-11-23-25(14-17)33-28(31-23)22-13-16-5-1-2-6-19(16)20-7-3-4-8-21(20)22/h1-15H. The Morgan fingerprint density at radius 2 is 1.24 bits per heavy atom. The number of halogens is 1. The predicted octanol–water partition coefficient (Wildman–Crippen LogP) is 9.20. The van der Waals surface area contributed by atoms with Crippen LogP contribution >= 0.6 is 34.3 Å². The molecule has 0 aliphatic heterocycles. The van der Waals surface area contributed by atoms with Gasteiger partial charge in [-0.05, 0) is 64.0 Å². The lowest BCUT2D eigenvalue weighted by Gasteiger charge is -2.08. The molecule has 33 heavy (non-hydrogen) atoms. The maximum Gasteiger partial charge on any atom is 0.125 e. The average Bonchev–Trinajstić information content (AvgIpc) is 3.47. The summed E-state index contributed by atoms with van der Waals surface area (Å²) in [5.41, 5.74) is 4.28. The molecule has 0 unspecified atom stereocenters. The summed E-state index contributed by atoms with van der Waals surface area (Å²) in [6.07, 6.45) is 0. The molecule has 0 aliphatic carbocycles. The second-order valence-corrected chi connectivity index (χ2v) is 10.5. The van der Waals surface area contributed by atoms with E-state index in [9.17, 15) is 0 Å². The molecule has 156 valence electrons. The minimum Gasteiger partial charge on any atom is -0.236 e. The van der Waals surface area contributed by atoms with Crippen LogP contribution in [0.25, 0.3) is 63.1 Å². The quantitative estimate of drug-likeness (QED) is 0.231. The Labute approximate surface area is 202 Å². The molecule has 0 saturated carbocycles. The first-order valence-corrected chi connectivity index (χ1v) is 12.6. The number of hydrogen-bond acceptors (Lipinski definition) is 4. The summed E-state index contributed by atoms with van der Waals surface area (Å²) in [6.45, 7) is 0. The van der Waals surface area contributed by atoms with Gasteiger partial charge in [0.1, 0.15) is 10.0 Å². The molecule has 7 aromatic rings. The van der Waals surface area contributed by atoms with Crippen molar-refractivity contribution in [2.75, 3.05) is 0 Å². The van der Waals surface area contributed by atoms with E-state index in [0.717, 1.165) is 41.0 Å². The van der Waals surface area contributed by atoms with E-state index in [4.69, 9.17) is 21.6 Å². The van der Waals surface area contributed by atoms with E-state index in [-0.39, 0.29) is 0 Å². The van der Waals surface area contributed by atoms with Crippen LogP contribution in [0.5, 0.6) is 0 Å². The zero-order valence-electron chi connectivity index (χ0n) is 17.2. The van der Waals surface area contributed by atoms with E-state index in [1.54, 1.807) is 22.7 Å². The molecule has 0 radical (unpaired) electrons. The van der Waals surface area contributed by atoms with Gasteiger partial charge in [-0.15, -0.1) is 22.7 Å². The lowest BCUT2D eigenvalue weighted by atomic mass is 9.97. The Bertz CT molecular complexity index is 1850. The fourth-order valence-corrected chi connectivity index (χ4v) is 6.70. The van der Waals surface area contributed by atoms with Crippen LogP contribution in [-0.2, 0) is 0 Å². The smallest absolute Gasteiger partial charge is 0.125 e. The van der Waals surface area contributed by atoms with Crippen LogP contribution in [-0.4, -0.2) is 9.97 Å². The molecule has 0 spiro atoms. The predicted molar refractivity (Wildman–Crippen MR) is 144 cm³/mol. The van der Waals surface area contributed by atoms with Crippen molar-refractivity contribution in [3.05, 3.63) is 96.0 Å². The van der Waals surface area contributed by atoms with Crippen LogP contribution in [0.15, 0.2) is 91.0 Å². The van der Waals surface area contributed by atoms with Crippen molar-refractivity contribution in [3.63, 3.8) is 0 Å². The minimum absolute atomic E-state index is 0.739. The highest BCUT2D eigenvalue weighted by molar-refractivity contribution is 7.22. The Kier molecular flexibility index (Phi) is 4.28. The van der Waals surface area contributed by atoms with Gasteiger partial charge in [-0.3, -0.25) is 0 Å². The SMILES string of the molecule is Clc1ccc2nc(-c3ccc4nc(-c5cc6ccccc6c6ccccc56)sc4c3)sc2c1. The zero-order chi connectivity index (χ0) is 21.9. The Morgan fingerprint density at radius 1 is 0.576 bits per heavy atom. The Morgan fingerprint density at radius 3 is 2.12 bits per heavy atom. The van der Waals surface area contributed by atoms with Gasteiger partial charge in [0.25, 0.3) is 0 Å². The van der Waals surface area contributed by atoms with Crippen molar-refractivity contribution < 1.29 is 0 Å². The number of thiazole rings is 2. The van der Waals surface area contributed by atoms with Crippen LogP contribution < -0.4 is 0 Å². The van der Waals surface area contributed by atoms with Crippen molar-refractivity contribution in [1.82, 2.24) is 9.97 Å². The number of hydrogen-bond donors (Lipinski definition) is 0. The van der Waals surface area contributed by atoms with Crippen LogP contribution in [0.2, 0.25) is 5.02 Å². The molecule has 5 heteroatoms. The molecule has 0 atom stereocenters. The van der Waals surface area contributed by atoms with Gasteiger partial charge in [-0.25, -0.2) is 9.97 Å². The van der Waals surface area contributed by atoms with Gasteiger partial charge in [-0.2, -0.15) is 0 Å². The molecular formula is C28H15ClN2S2. The van der Waals surface area contributed by atoms with Gasteiger partial charge in [-0.1, -0.05) is 60.1 Å². The van der Waals surface area contributed by atoms with E-state index in [2.05, 4.69) is 72.8 Å². The van der Waals surface area contributed by atoms with Crippen molar-refractivity contribution in [2.45, 2.75) is 0 Å². The molecule has 0 N–H and O–H groups in total. The second-order valence-electron chi connectivity index (χ2n) is 8.02.